The van der Waals surface area contributed by atoms with Crippen LogP contribution < -0.4 is 0 Å². The molecule has 1 aliphatic heterocycles. The van der Waals surface area contributed by atoms with Crippen LogP contribution in [-0.4, -0.2) is 22.5 Å². The fourth-order valence-electron chi connectivity index (χ4n) is 1.89. The zero-order valence-electron chi connectivity index (χ0n) is 10.3. The maximum atomic E-state index is 4.35. The molecule has 2 heterocycles. The van der Waals surface area contributed by atoms with Gasteiger partial charge in [-0.2, -0.15) is 0 Å². The topological polar surface area (TPSA) is 42.5 Å². The van der Waals surface area contributed by atoms with E-state index in [1.165, 1.54) is 0 Å². The summed E-state index contributed by atoms with van der Waals surface area (Å²) in [7, 11) is 0. The molecule has 0 bridgehead atoms. The van der Waals surface area contributed by atoms with Crippen LogP contribution in [0.3, 0.4) is 0 Å². The Labute approximate surface area is 101 Å². The highest BCUT2D eigenvalue weighted by Gasteiger charge is 2.15. The minimum atomic E-state index is 0.598. The van der Waals surface area contributed by atoms with Crippen LogP contribution in [0.1, 0.15) is 24.2 Å². The summed E-state index contributed by atoms with van der Waals surface area (Å²) >= 11 is 0. The van der Waals surface area contributed by atoms with Crippen LogP contribution in [0.5, 0.6) is 0 Å². The average molecular weight is 228 g/mol. The van der Waals surface area contributed by atoms with E-state index in [-0.39, 0.29) is 0 Å². The minimum absolute atomic E-state index is 0.598. The van der Waals surface area contributed by atoms with E-state index in [1.807, 2.05) is 30.8 Å². The first-order chi connectivity index (χ1) is 8.15. The summed E-state index contributed by atoms with van der Waals surface area (Å²) in [5, 5.41) is 0. The van der Waals surface area contributed by atoms with Crippen LogP contribution in [0.2, 0.25) is 0 Å². The van der Waals surface area contributed by atoms with Gasteiger partial charge in [0, 0.05) is 23.8 Å². The van der Waals surface area contributed by atoms with E-state index in [2.05, 4.69) is 28.3 Å². The molecule has 17 heavy (non-hydrogen) atoms. The van der Waals surface area contributed by atoms with E-state index in [9.17, 15) is 0 Å². The number of imidazole rings is 1. The van der Waals surface area contributed by atoms with Crippen LogP contribution in [-0.2, 0) is 0 Å². The Balaban J connectivity index is 2.46. The summed E-state index contributed by atoms with van der Waals surface area (Å²) in [4.78, 5) is 12.5. The second-order valence-electron chi connectivity index (χ2n) is 4.05. The SMILES string of the molecule is C=Nc1nc(C)c(C)n1C(=C)C1=CN=CCC1. The predicted molar refractivity (Wildman–Crippen MR) is 72.0 cm³/mol. The Morgan fingerprint density at radius 3 is 2.82 bits per heavy atom. The number of hydrogen-bond donors (Lipinski definition) is 0. The molecule has 0 radical (unpaired) electrons. The zero-order chi connectivity index (χ0) is 12.4. The monoisotopic (exact) mass is 228 g/mol. The Morgan fingerprint density at radius 1 is 1.47 bits per heavy atom. The van der Waals surface area contributed by atoms with Crippen molar-refractivity contribution in [3.05, 3.63) is 29.7 Å². The molecule has 0 N–H and O–H groups in total. The molecule has 2 rings (SSSR count). The van der Waals surface area contributed by atoms with Gasteiger partial charge in [0.15, 0.2) is 0 Å². The van der Waals surface area contributed by atoms with Crippen molar-refractivity contribution in [2.45, 2.75) is 26.7 Å². The quantitative estimate of drug-likeness (QED) is 0.733. The third kappa shape index (κ3) is 1.98. The minimum Gasteiger partial charge on any atom is -0.282 e. The predicted octanol–water partition coefficient (Wildman–Crippen LogP) is 3.05. The van der Waals surface area contributed by atoms with Gasteiger partial charge in [-0.05, 0) is 39.0 Å². The summed E-state index contributed by atoms with van der Waals surface area (Å²) in [6.45, 7) is 11.6. The Hall–Kier alpha value is -1.97. The summed E-state index contributed by atoms with van der Waals surface area (Å²) in [5.74, 6) is 0.598. The van der Waals surface area contributed by atoms with Crippen LogP contribution in [0, 0.1) is 13.8 Å². The first-order valence-electron chi connectivity index (χ1n) is 5.58. The highest BCUT2D eigenvalue weighted by atomic mass is 15.2. The molecule has 4 nitrogen and oxygen atoms in total. The Morgan fingerprint density at radius 2 is 2.24 bits per heavy atom. The first-order valence-corrected chi connectivity index (χ1v) is 5.58. The maximum Gasteiger partial charge on any atom is 0.234 e. The zero-order valence-corrected chi connectivity index (χ0v) is 10.3. The van der Waals surface area contributed by atoms with Gasteiger partial charge in [-0.15, -0.1) is 0 Å². The molecule has 1 aromatic rings. The third-order valence-electron chi connectivity index (χ3n) is 2.99. The molecule has 0 fully saturated rings. The van der Waals surface area contributed by atoms with Gasteiger partial charge in [0.1, 0.15) is 0 Å². The third-order valence-corrected chi connectivity index (χ3v) is 2.99. The molecule has 0 unspecified atom stereocenters. The van der Waals surface area contributed by atoms with Crippen LogP contribution in [0.25, 0.3) is 5.70 Å². The second-order valence-corrected chi connectivity index (χ2v) is 4.05. The Bertz CT molecular complexity index is 532. The van der Waals surface area contributed by atoms with Gasteiger partial charge in [-0.1, -0.05) is 6.58 Å². The van der Waals surface area contributed by atoms with Crippen molar-refractivity contribution in [1.82, 2.24) is 9.55 Å². The van der Waals surface area contributed by atoms with E-state index in [0.29, 0.717) is 5.95 Å². The van der Waals surface area contributed by atoms with Gasteiger partial charge in [0.05, 0.1) is 5.69 Å². The molecule has 0 amide bonds. The van der Waals surface area contributed by atoms with Crippen molar-refractivity contribution in [2.75, 3.05) is 0 Å². The Kier molecular flexibility index (Phi) is 3.04. The van der Waals surface area contributed by atoms with E-state index >= 15 is 0 Å². The van der Waals surface area contributed by atoms with Crippen LogP contribution in [0.15, 0.2) is 28.3 Å². The first kappa shape index (κ1) is 11.5. The van der Waals surface area contributed by atoms with Gasteiger partial charge >= 0.3 is 0 Å². The molecule has 0 aromatic carbocycles. The molecule has 0 atom stereocenters. The summed E-state index contributed by atoms with van der Waals surface area (Å²) < 4.78 is 1.94. The highest BCUT2D eigenvalue weighted by Crippen LogP contribution is 2.28. The van der Waals surface area contributed by atoms with Crippen molar-refractivity contribution < 1.29 is 0 Å². The lowest BCUT2D eigenvalue weighted by Gasteiger charge is -2.15. The standard InChI is InChI=1S/C13H16N4/c1-9-10(2)17(13(14-4)16-9)11(3)12-6-5-7-15-8-12/h7-8H,3-6H2,1-2H3. The molecule has 4 heteroatoms. The summed E-state index contributed by atoms with van der Waals surface area (Å²) in [6, 6.07) is 0. The molecule has 88 valence electrons. The van der Waals surface area contributed by atoms with E-state index < -0.39 is 0 Å². The number of allylic oxidation sites excluding steroid dienone is 2. The molecular weight excluding hydrogens is 212 g/mol. The lowest BCUT2D eigenvalue weighted by atomic mass is 10.1. The maximum absolute atomic E-state index is 4.35. The number of aliphatic imine (C=N–C) groups is 2. The molecule has 1 aliphatic rings. The normalized spacial score (nSPS) is 14.6. The van der Waals surface area contributed by atoms with Crippen molar-refractivity contribution in [1.29, 1.82) is 0 Å². The largest absolute Gasteiger partial charge is 0.282 e. The average Bonchev–Trinajstić information content (AvgIpc) is 2.65. The van der Waals surface area contributed by atoms with Crippen LogP contribution in [0.4, 0.5) is 5.95 Å². The van der Waals surface area contributed by atoms with Gasteiger partial charge in [-0.25, -0.2) is 9.98 Å². The van der Waals surface area contributed by atoms with Gasteiger partial charge < -0.3 is 0 Å². The summed E-state index contributed by atoms with van der Waals surface area (Å²) in [5.41, 5.74) is 4.02. The fraction of sp³-hybridized carbons (Fsp3) is 0.308. The lowest BCUT2D eigenvalue weighted by molar-refractivity contribution is 0.960. The van der Waals surface area contributed by atoms with Crippen molar-refractivity contribution in [3.8, 4) is 0 Å². The smallest absolute Gasteiger partial charge is 0.234 e. The van der Waals surface area contributed by atoms with Crippen LogP contribution >= 0.6 is 0 Å². The number of hydrogen-bond acceptors (Lipinski definition) is 3. The molecular formula is C13H16N4. The number of nitrogens with zero attached hydrogens (tertiary/aromatic N) is 4. The van der Waals surface area contributed by atoms with Gasteiger partial charge in [-0.3, -0.25) is 9.56 Å². The molecule has 0 aliphatic carbocycles. The van der Waals surface area contributed by atoms with E-state index in [4.69, 9.17) is 0 Å². The fourth-order valence-corrected chi connectivity index (χ4v) is 1.89. The highest BCUT2D eigenvalue weighted by molar-refractivity contribution is 5.71. The van der Waals surface area contributed by atoms with Crippen molar-refractivity contribution in [3.63, 3.8) is 0 Å². The van der Waals surface area contributed by atoms with E-state index in [1.54, 1.807) is 0 Å². The van der Waals surface area contributed by atoms with Gasteiger partial charge in [0.2, 0.25) is 5.95 Å². The number of rotatable bonds is 3. The molecule has 0 spiro atoms. The van der Waals surface area contributed by atoms with Crippen molar-refractivity contribution >= 4 is 24.6 Å². The molecule has 1 aromatic heterocycles. The number of aromatic nitrogens is 2. The number of aryl methyl sites for hydroxylation is 1. The second kappa shape index (κ2) is 4.49. The van der Waals surface area contributed by atoms with E-state index in [0.717, 1.165) is 35.5 Å². The molecule has 0 saturated heterocycles. The lowest BCUT2D eigenvalue weighted by Crippen LogP contribution is -2.03. The molecule has 0 saturated carbocycles. The van der Waals surface area contributed by atoms with Crippen molar-refractivity contribution in [2.24, 2.45) is 9.98 Å². The summed E-state index contributed by atoms with van der Waals surface area (Å²) in [6.07, 6.45) is 5.67. The van der Waals surface area contributed by atoms with Gasteiger partial charge in [0.25, 0.3) is 0 Å².